The second-order valence-electron chi connectivity index (χ2n) is 6.58. The van der Waals surface area contributed by atoms with Crippen molar-refractivity contribution >= 4 is 5.97 Å². The van der Waals surface area contributed by atoms with Crippen LogP contribution in [0.25, 0.3) is 0 Å². The summed E-state index contributed by atoms with van der Waals surface area (Å²) in [6.45, 7) is 3.75. The van der Waals surface area contributed by atoms with Crippen molar-refractivity contribution in [3.63, 3.8) is 0 Å². The van der Waals surface area contributed by atoms with E-state index in [2.05, 4.69) is 5.32 Å². The minimum absolute atomic E-state index is 0.115. The predicted molar refractivity (Wildman–Crippen MR) is 93.7 cm³/mol. The van der Waals surface area contributed by atoms with Gasteiger partial charge in [0, 0.05) is 6.04 Å². The molecule has 5 heteroatoms. The van der Waals surface area contributed by atoms with Crippen molar-refractivity contribution in [1.29, 1.82) is 0 Å². The van der Waals surface area contributed by atoms with Crippen LogP contribution in [-0.2, 0) is 16.0 Å². The number of hydrogen-bond acceptors (Lipinski definition) is 5. The molecule has 1 aliphatic carbocycles. The molecule has 1 saturated carbocycles. The molecule has 24 heavy (non-hydrogen) atoms. The zero-order chi connectivity index (χ0) is 17.5. The Morgan fingerprint density at radius 1 is 1.17 bits per heavy atom. The van der Waals surface area contributed by atoms with Gasteiger partial charge < -0.3 is 19.5 Å². The molecule has 0 amide bonds. The molecule has 0 heterocycles. The van der Waals surface area contributed by atoms with E-state index in [1.54, 1.807) is 14.2 Å². The second kappa shape index (κ2) is 8.92. The molecule has 0 radical (unpaired) electrons. The Hall–Kier alpha value is -1.75. The maximum atomic E-state index is 12.5. The molecule has 0 aliphatic heterocycles. The largest absolute Gasteiger partial charge is 0.493 e. The van der Waals surface area contributed by atoms with Gasteiger partial charge in [-0.1, -0.05) is 18.9 Å². The second-order valence-corrected chi connectivity index (χ2v) is 6.58. The highest BCUT2D eigenvalue weighted by molar-refractivity contribution is 5.76. The monoisotopic (exact) mass is 335 g/mol. The van der Waals surface area contributed by atoms with Crippen LogP contribution in [0.5, 0.6) is 11.5 Å². The van der Waals surface area contributed by atoms with E-state index in [0.29, 0.717) is 24.0 Å². The summed E-state index contributed by atoms with van der Waals surface area (Å²) >= 11 is 0. The number of ether oxygens (including phenoxy) is 3. The number of rotatable bonds is 8. The Morgan fingerprint density at radius 3 is 2.42 bits per heavy atom. The van der Waals surface area contributed by atoms with E-state index in [-0.39, 0.29) is 18.1 Å². The van der Waals surface area contributed by atoms with Crippen LogP contribution in [-0.4, -0.2) is 38.4 Å². The maximum Gasteiger partial charge on any atom is 0.323 e. The Labute approximate surface area is 144 Å². The third kappa shape index (κ3) is 5.13. The molecule has 1 aliphatic rings. The number of hydrogen-bond donors (Lipinski definition) is 1. The average Bonchev–Trinajstić information content (AvgIpc) is 3.06. The molecule has 0 bridgehead atoms. The first kappa shape index (κ1) is 18.6. The zero-order valence-corrected chi connectivity index (χ0v) is 15.1. The topological polar surface area (TPSA) is 56.8 Å². The first-order valence-electron chi connectivity index (χ1n) is 8.71. The van der Waals surface area contributed by atoms with E-state index in [1.165, 1.54) is 12.8 Å². The summed E-state index contributed by atoms with van der Waals surface area (Å²) in [4.78, 5) is 12.5. The normalized spacial score (nSPS) is 16.2. The summed E-state index contributed by atoms with van der Waals surface area (Å²) in [5.41, 5.74) is 1.02. The van der Waals surface area contributed by atoms with Gasteiger partial charge in [0.15, 0.2) is 11.5 Å². The summed E-state index contributed by atoms with van der Waals surface area (Å²) in [7, 11) is 3.23. The van der Waals surface area contributed by atoms with E-state index in [9.17, 15) is 4.79 Å². The van der Waals surface area contributed by atoms with Crippen molar-refractivity contribution in [1.82, 2.24) is 5.32 Å². The van der Waals surface area contributed by atoms with Gasteiger partial charge in [0.2, 0.25) is 0 Å². The summed E-state index contributed by atoms with van der Waals surface area (Å²) < 4.78 is 16.1. The van der Waals surface area contributed by atoms with Crippen LogP contribution < -0.4 is 14.8 Å². The van der Waals surface area contributed by atoms with E-state index < -0.39 is 0 Å². The van der Waals surface area contributed by atoms with E-state index in [1.807, 2.05) is 32.0 Å². The molecule has 0 saturated heterocycles. The fourth-order valence-electron chi connectivity index (χ4n) is 3.15. The minimum atomic E-state index is -0.339. The highest BCUT2D eigenvalue weighted by Crippen LogP contribution is 2.28. The Balaban J connectivity index is 2.12. The van der Waals surface area contributed by atoms with Crippen LogP contribution in [0.15, 0.2) is 18.2 Å². The molecule has 0 spiro atoms. The van der Waals surface area contributed by atoms with Crippen LogP contribution in [0.2, 0.25) is 0 Å². The molecule has 1 atom stereocenters. The third-order valence-corrected chi connectivity index (χ3v) is 4.32. The lowest BCUT2D eigenvalue weighted by Crippen LogP contribution is -2.45. The molecule has 2 rings (SSSR count). The van der Waals surface area contributed by atoms with Gasteiger partial charge in [0.05, 0.1) is 20.3 Å². The molecule has 134 valence electrons. The molecule has 1 aromatic carbocycles. The summed E-state index contributed by atoms with van der Waals surface area (Å²) in [5, 5.41) is 3.49. The number of carbonyl (C=O) groups is 1. The van der Waals surface area contributed by atoms with Gasteiger partial charge in [-0.3, -0.25) is 4.79 Å². The zero-order valence-electron chi connectivity index (χ0n) is 15.1. The lowest BCUT2D eigenvalue weighted by molar-refractivity contribution is -0.150. The van der Waals surface area contributed by atoms with Crippen LogP contribution in [0.4, 0.5) is 0 Å². The standard InChI is InChI=1S/C19H29NO4/c1-13(2)24-19(21)16(20-15-7-5-6-8-15)11-14-9-10-17(22-3)18(12-14)23-4/h9-10,12-13,15-16,20H,5-8,11H2,1-4H3/t16-/m0/s1. The lowest BCUT2D eigenvalue weighted by atomic mass is 10.0. The van der Waals surface area contributed by atoms with Crippen LogP contribution in [0.1, 0.15) is 45.1 Å². The summed E-state index contributed by atoms with van der Waals surface area (Å²) in [6, 6.07) is 5.82. The highest BCUT2D eigenvalue weighted by atomic mass is 16.5. The first-order chi connectivity index (χ1) is 11.5. The van der Waals surface area contributed by atoms with Crippen molar-refractivity contribution in [2.75, 3.05) is 14.2 Å². The van der Waals surface area contributed by atoms with Crippen molar-refractivity contribution in [2.45, 2.75) is 64.1 Å². The highest BCUT2D eigenvalue weighted by Gasteiger charge is 2.26. The van der Waals surface area contributed by atoms with Gasteiger partial charge >= 0.3 is 5.97 Å². The lowest BCUT2D eigenvalue weighted by Gasteiger charge is -2.23. The SMILES string of the molecule is COc1ccc(C[C@H](NC2CCCC2)C(=O)OC(C)C)cc1OC. The number of nitrogens with one attached hydrogen (secondary N) is 1. The molecule has 0 unspecified atom stereocenters. The Bertz CT molecular complexity index is 538. The fraction of sp³-hybridized carbons (Fsp3) is 0.632. The number of carbonyl (C=O) groups excluding carboxylic acids is 1. The Kier molecular flexibility index (Phi) is 6.91. The quantitative estimate of drug-likeness (QED) is 0.740. The van der Waals surface area contributed by atoms with Crippen molar-refractivity contribution < 1.29 is 19.0 Å². The summed E-state index contributed by atoms with van der Waals surface area (Å²) in [5.74, 6) is 1.17. The van der Waals surface area contributed by atoms with Crippen molar-refractivity contribution in [3.05, 3.63) is 23.8 Å². The van der Waals surface area contributed by atoms with Gasteiger partial charge in [0.1, 0.15) is 6.04 Å². The van der Waals surface area contributed by atoms with E-state index in [0.717, 1.165) is 18.4 Å². The molecular weight excluding hydrogens is 306 g/mol. The fourth-order valence-corrected chi connectivity index (χ4v) is 3.15. The molecule has 1 N–H and O–H groups in total. The Morgan fingerprint density at radius 2 is 1.83 bits per heavy atom. The molecule has 1 aromatic rings. The van der Waals surface area contributed by atoms with E-state index >= 15 is 0 Å². The van der Waals surface area contributed by atoms with Gasteiger partial charge in [0.25, 0.3) is 0 Å². The van der Waals surface area contributed by atoms with Crippen molar-refractivity contribution in [3.8, 4) is 11.5 Å². The molecule has 1 fully saturated rings. The van der Waals surface area contributed by atoms with Gasteiger partial charge in [-0.2, -0.15) is 0 Å². The molecule has 0 aromatic heterocycles. The van der Waals surface area contributed by atoms with Crippen LogP contribution in [0, 0.1) is 0 Å². The smallest absolute Gasteiger partial charge is 0.323 e. The summed E-state index contributed by atoms with van der Waals surface area (Å²) in [6.07, 6.45) is 5.15. The first-order valence-corrected chi connectivity index (χ1v) is 8.71. The maximum absolute atomic E-state index is 12.5. The van der Waals surface area contributed by atoms with E-state index in [4.69, 9.17) is 14.2 Å². The van der Waals surface area contributed by atoms with Gasteiger partial charge in [-0.15, -0.1) is 0 Å². The third-order valence-electron chi connectivity index (χ3n) is 4.32. The average molecular weight is 335 g/mol. The number of esters is 1. The minimum Gasteiger partial charge on any atom is -0.493 e. The molecule has 5 nitrogen and oxygen atoms in total. The van der Waals surface area contributed by atoms with Gasteiger partial charge in [-0.05, 0) is 50.8 Å². The van der Waals surface area contributed by atoms with Crippen LogP contribution in [0.3, 0.4) is 0 Å². The number of benzene rings is 1. The van der Waals surface area contributed by atoms with Crippen molar-refractivity contribution in [2.24, 2.45) is 0 Å². The number of methoxy groups -OCH3 is 2. The van der Waals surface area contributed by atoms with Gasteiger partial charge in [-0.25, -0.2) is 0 Å². The molecular formula is C19H29NO4. The predicted octanol–water partition coefficient (Wildman–Crippen LogP) is 3.10. The van der Waals surface area contributed by atoms with Crippen LogP contribution >= 0.6 is 0 Å².